The van der Waals surface area contributed by atoms with Crippen molar-refractivity contribution in [3.8, 4) is 0 Å². The van der Waals surface area contributed by atoms with E-state index in [-0.39, 0.29) is 18.3 Å². The van der Waals surface area contributed by atoms with Crippen molar-refractivity contribution < 1.29 is 19.5 Å². The summed E-state index contributed by atoms with van der Waals surface area (Å²) in [5, 5.41) is 3.45. The molecule has 0 radical (unpaired) electrons. The summed E-state index contributed by atoms with van der Waals surface area (Å²) in [5.74, 6) is 0. The van der Waals surface area contributed by atoms with Gasteiger partial charge in [-0.25, -0.2) is 0 Å². The van der Waals surface area contributed by atoms with Crippen molar-refractivity contribution in [3.63, 3.8) is 0 Å². The number of rotatable bonds is 11. The third kappa shape index (κ3) is 7.92. The van der Waals surface area contributed by atoms with E-state index in [0.717, 1.165) is 6.54 Å². The minimum Gasteiger partial charge on any atom is -0.368 e. The fourth-order valence-electron chi connectivity index (χ4n) is 5.36. The average molecular weight is 519 g/mol. The Morgan fingerprint density at radius 1 is 0.595 bits per heavy atom. The third-order valence-electron chi connectivity index (χ3n) is 7.39. The Hall–Kier alpha value is -2.15. The maximum Gasteiger partial charge on any atom is 0.162 e. The predicted octanol–water partition coefficient (Wildman–Crippen LogP) is 5.71. The Balaban J connectivity index is 1.34. The van der Waals surface area contributed by atoms with Crippen molar-refractivity contribution in [1.29, 1.82) is 0 Å². The molecule has 5 heteroatoms. The van der Waals surface area contributed by atoms with Gasteiger partial charge in [0.2, 0.25) is 0 Å². The topological polar surface area (TPSA) is 44.3 Å². The molecule has 2 fully saturated rings. The normalized spacial score (nSPS) is 24.6. The van der Waals surface area contributed by atoms with Crippen LogP contribution in [0.25, 0.3) is 0 Å². The van der Waals surface area contributed by atoms with Crippen molar-refractivity contribution in [3.05, 3.63) is 108 Å². The molecule has 3 aromatic rings. The van der Waals surface area contributed by atoms with Gasteiger partial charge in [-0.15, -0.1) is 0 Å². The number of thioether (sulfide) groups is 1. The zero-order valence-corrected chi connectivity index (χ0v) is 22.4. The van der Waals surface area contributed by atoms with Gasteiger partial charge in [-0.1, -0.05) is 122 Å². The largest absolute Gasteiger partial charge is 0.368 e. The summed E-state index contributed by atoms with van der Waals surface area (Å²) in [4.78, 5) is 0. The highest BCUT2D eigenvalue weighted by molar-refractivity contribution is 8.00. The van der Waals surface area contributed by atoms with Crippen LogP contribution in [0.5, 0.6) is 0 Å². The molecule has 1 aliphatic heterocycles. The monoisotopic (exact) mass is 518 g/mol. The molecule has 3 aromatic carbocycles. The zero-order valence-electron chi connectivity index (χ0n) is 21.6. The molecule has 196 valence electrons. The first kappa shape index (κ1) is 26.5. The van der Waals surface area contributed by atoms with Gasteiger partial charge in [-0.05, 0) is 29.5 Å². The molecular formula is C32H40NO3S+. The Kier molecular flexibility index (Phi) is 10.1. The maximum absolute atomic E-state index is 6.75. The van der Waals surface area contributed by atoms with Crippen LogP contribution >= 0.6 is 11.8 Å². The van der Waals surface area contributed by atoms with Crippen molar-refractivity contribution in [2.45, 2.75) is 80.9 Å². The van der Waals surface area contributed by atoms with Crippen LogP contribution in [-0.4, -0.2) is 35.5 Å². The molecule has 1 saturated heterocycles. The fraction of sp³-hybridized carbons (Fsp3) is 0.438. The molecule has 0 spiro atoms. The molecule has 1 saturated carbocycles. The molecule has 4 atom stereocenters. The van der Waals surface area contributed by atoms with E-state index in [1.54, 1.807) is 0 Å². The van der Waals surface area contributed by atoms with Crippen molar-refractivity contribution in [1.82, 2.24) is 0 Å². The van der Waals surface area contributed by atoms with E-state index in [1.807, 2.05) is 12.1 Å². The molecule has 4 nitrogen and oxygen atoms in total. The summed E-state index contributed by atoms with van der Waals surface area (Å²) in [5.41, 5.74) is 3.56. The molecule has 2 aliphatic rings. The van der Waals surface area contributed by atoms with Gasteiger partial charge < -0.3 is 19.5 Å². The van der Waals surface area contributed by atoms with Crippen LogP contribution < -0.4 is 5.32 Å². The summed E-state index contributed by atoms with van der Waals surface area (Å²) in [6.45, 7) is 2.60. The standard InChI is InChI=1S/C32H39NO3S/c1-5-13-25(14-6-1)22-34-29-21-33-32(37-28-19-11-4-12-20-28)31(36-24-27-17-9-3-10-18-27)30(29)35-23-26-15-7-2-8-16-26/h1-3,5-10,13-18,28-33H,4,11-12,19-24H2/p+1/t29-,30-,31+,32+/m1/s1. The Morgan fingerprint density at radius 2 is 1.08 bits per heavy atom. The third-order valence-corrected chi connectivity index (χ3v) is 9.03. The van der Waals surface area contributed by atoms with Gasteiger partial charge in [0.1, 0.15) is 24.9 Å². The molecule has 5 rings (SSSR count). The van der Waals surface area contributed by atoms with E-state index in [4.69, 9.17) is 14.2 Å². The number of ether oxygens (including phenoxy) is 3. The molecule has 0 bridgehead atoms. The van der Waals surface area contributed by atoms with E-state index in [1.165, 1.54) is 48.8 Å². The number of quaternary nitrogens is 1. The zero-order chi connectivity index (χ0) is 25.1. The Labute approximate surface area is 226 Å². The van der Waals surface area contributed by atoms with E-state index in [2.05, 4.69) is 95.9 Å². The summed E-state index contributed by atoms with van der Waals surface area (Å²) >= 11 is 2.11. The Bertz CT molecular complexity index is 1030. The van der Waals surface area contributed by atoms with Gasteiger partial charge in [0.05, 0.1) is 19.8 Å². The molecular weight excluding hydrogens is 478 g/mol. The van der Waals surface area contributed by atoms with Crippen LogP contribution in [0.1, 0.15) is 48.8 Å². The van der Waals surface area contributed by atoms with Crippen molar-refractivity contribution in [2.75, 3.05) is 6.54 Å². The molecule has 1 heterocycles. The molecule has 37 heavy (non-hydrogen) atoms. The van der Waals surface area contributed by atoms with Gasteiger partial charge in [0, 0.05) is 5.25 Å². The predicted molar refractivity (Wildman–Crippen MR) is 150 cm³/mol. The lowest BCUT2D eigenvalue weighted by Gasteiger charge is -2.41. The summed E-state index contributed by atoms with van der Waals surface area (Å²) in [6, 6.07) is 31.4. The maximum atomic E-state index is 6.75. The van der Waals surface area contributed by atoms with Gasteiger partial charge in [-0.3, -0.25) is 0 Å². The average Bonchev–Trinajstić information content (AvgIpc) is 2.97. The minimum atomic E-state index is -0.140. The SMILES string of the molecule is c1ccc(CO[C@H]2[C@H](OCc3ccccc3)[C@H](SC3CCCCC3)[NH2+]C[C@H]2OCc2ccccc2)cc1. The highest BCUT2D eigenvalue weighted by Gasteiger charge is 2.46. The van der Waals surface area contributed by atoms with E-state index in [9.17, 15) is 0 Å². The number of piperidine rings is 1. The van der Waals surface area contributed by atoms with E-state index >= 15 is 0 Å². The van der Waals surface area contributed by atoms with Crippen LogP contribution in [0.15, 0.2) is 91.0 Å². The lowest BCUT2D eigenvalue weighted by molar-refractivity contribution is -0.696. The van der Waals surface area contributed by atoms with Gasteiger partial charge in [0.15, 0.2) is 5.37 Å². The number of hydrogen-bond donors (Lipinski definition) is 1. The quantitative estimate of drug-likeness (QED) is 0.353. The van der Waals surface area contributed by atoms with Gasteiger partial charge in [0.25, 0.3) is 0 Å². The minimum absolute atomic E-state index is 0.0482. The molecule has 1 aliphatic carbocycles. The molecule has 0 aromatic heterocycles. The lowest BCUT2D eigenvalue weighted by Crippen LogP contribution is -2.98. The summed E-state index contributed by atoms with van der Waals surface area (Å²) in [7, 11) is 0. The van der Waals surface area contributed by atoms with Gasteiger partial charge >= 0.3 is 0 Å². The molecule has 2 N–H and O–H groups in total. The van der Waals surface area contributed by atoms with Crippen LogP contribution in [0.4, 0.5) is 0 Å². The number of hydrogen-bond acceptors (Lipinski definition) is 4. The van der Waals surface area contributed by atoms with Crippen LogP contribution in [0.2, 0.25) is 0 Å². The van der Waals surface area contributed by atoms with Gasteiger partial charge in [-0.2, -0.15) is 0 Å². The first-order chi connectivity index (χ1) is 18.3. The van der Waals surface area contributed by atoms with Crippen LogP contribution in [0.3, 0.4) is 0 Å². The summed E-state index contributed by atoms with van der Waals surface area (Å²) < 4.78 is 20.0. The van der Waals surface area contributed by atoms with Crippen LogP contribution in [-0.2, 0) is 34.0 Å². The molecule has 0 amide bonds. The van der Waals surface area contributed by atoms with Crippen molar-refractivity contribution >= 4 is 11.8 Å². The fourth-order valence-corrected chi connectivity index (χ4v) is 7.02. The first-order valence-electron chi connectivity index (χ1n) is 13.8. The number of nitrogens with two attached hydrogens (primary N) is 1. The van der Waals surface area contributed by atoms with E-state index in [0.29, 0.717) is 30.4 Å². The highest BCUT2D eigenvalue weighted by atomic mass is 32.2. The van der Waals surface area contributed by atoms with Crippen LogP contribution in [0, 0.1) is 0 Å². The second-order valence-electron chi connectivity index (χ2n) is 10.2. The molecule has 0 unspecified atom stereocenters. The van der Waals surface area contributed by atoms with E-state index < -0.39 is 0 Å². The summed E-state index contributed by atoms with van der Waals surface area (Å²) in [6.07, 6.45) is 6.43. The highest BCUT2D eigenvalue weighted by Crippen LogP contribution is 2.34. The first-order valence-corrected chi connectivity index (χ1v) is 14.7. The second kappa shape index (κ2) is 14.1. The Morgan fingerprint density at radius 3 is 1.62 bits per heavy atom. The lowest BCUT2D eigenvalue weighted by atomic mass is 10.0. The van der Waals surface area contributed by atoms with Crippen molar-refractivity contribution in [2.24, 2.45) is 0 Å². The smallest absolute Gasteiger partial charge is 0.162 e. The second-order valence-corrected chi connectivity index (χ2v) is 11.7. The number of benzene rings is 3.